The third-order valence-corrected chi connectivity index (χ3v) is 3.63. The molecule has 3 rings (SSSR count). The summed E-state index contributed by atoms with van der Waals surface area (Å²) in [6.45, 7) is 1.52. The number of nitrogens with two attached hydrogens (primary N) is 1. The van der Waals surface area contributed by atoms with Crippen LogP contribution >= 0.6 is 0 Å². The summed E-state index contributed by atoms with van der Waals surface area (Å²) in [5.41, 5.74) is 5.97. The van der Waals surface area contributed by atoms with Crippen molar-refractivity contribution in [1.82, 2.24) is 24.9 Å². The van der Waals surface area contributed by atoms with E-state index in [1.165, 1.54) is 30.0 Å². The zero-order chi connectivity index (χ0) is 18.9. The number of amides is 2. The molecule has 2 amide bonds. The minimum atomic E-state index is -4.74. The molecule has 3 aromatic heterocycles. The number of nitrogens with one attached hydrogen (secondary N) is 2. The molecule has 8 nitrogen and oxygen atoms in total. The van der Waals surface area contributed by atoms with Crippen LogP contribution in [0.1, 0.15) is 17.3 Å². The first-order valence-corrected chi connectivity index (χ1v) is 7.41. The summed E-state index contributed by atoms with van der Waals surface area (Å²) >= 11 is 0. The quantitative estimate of drug-likeness (QED) is 0.660. The van der Waals surface area contributed by atoms with Gasteiger partial charge in [-0.15, -0.1) is 0 Å². The van der Waals surface area contributed by atoms with Crippen LogP contribution in [0.3, 0.4) is 0 Å². The number of rotatable bonds is 3. The summed E-state index contributed by atoms with van der Waals surface area (Å²) in [5.74, 6) is -0.0237. The molecule has 3 aromatic rings. The first-order valence-electron chi connectivity index (χ1n) is 7.41. The van der Waals surface area contributed by atoms with Gasteiger partial charge >= 0.3 is 12.2 Å². The average molecular weight is 365 g/mol. The van der Waals surface area contributed by atoms with Crippen molar-refractivity contribution in [2.24, 2.45) is 0 Å². The highest BCUT2D eigenvalue weighted by Gasteiger charge is 2.44. The molecule has 136 valence electrons. The fourth-order valence-electron chi connectivity index (χ4n) is 2.42. The number of aromatic nitrogens is 4. The molecular weight excluding hydrogens is 351 g/mol. The van der Waals surface area contributed by atoms with Crippen molar-refractivity contribution in [3.8, 4) is 0 Å². The number of hydrogen-bond donors (Lipinski definition) is 3. The van der Waals surface area contributed by atoms with Crippen LogP contribution in [0.2, 0.25) is 0 Å². The third kappa shape index (κ3) is 3.50. The summed E-state index contributed by atoms with van der Waals surface area (Å²) in [6.07, 6.45) is -0.843. The zero-order valence-corrected chi connectivity index (χ0v) is 13.4. The number of nitrogens with zero attached hydrogens (tertiary/aromatic N) is 4. The lowest BCUT2D eigenvalue weighted by Crippen LogP contribution is -2.41. The summed E-state index contributed by atoms with van der Waals surface area (Å²) in [5, 5.41) is 8.09. The van der Waals surface area contributed by atoms with E-state index in [0.717, 1.165) is 0 Å². The maximum atomic E-state index is 13.5. The Morgan fingerprint density at radius 1 is 1.27 bits per heavy atom. The Hall–Kier alpha value is -3.37. The number of fused-ring (bicyclic) bond motifs is 1. The highest BCUT2D eigenvalue weighted by molar-refractivity contribution is 5.89. The number of pyridine rings is 1. The summed E-state index contributed by atoms with van der Waals surface area (Å²) in [4.78, 5) is 19.3. The van der Waals surface area contributed by atoms with Gasteiger partial charge < -0.3 is 16.4 Å². The maximum Gasteiger partial charge on any atom is 0.414 e. The summed E-state index contributed by atoms with van der Waals surface area (Å²) < 4.78 is 41.9. The first kappa shape index (κ1) is 17.5. The molecule has 0 bridgehead atoms. The van der Waals surface area contributed by atoms with Crippen LogP contribution in [-0.4, -0.2) is 31.8 Å². The number of halogens is 3. The molecule has 0 fully saturated rings. The van der Waals surface area contributed by atoms with Crippen molar-refractivity contribution in [2.45, 2.75) is 19.1 Å². The Balaban J connectivity index is 1.87. The average Bonchev–Trinajstić information content (AvgIpc) is 2.91. The van der Waals surface area contributed by atoms with Crippen molar-refractivity contribution in [1.29, 1.82) is 0 Å². The number of urea groups is 1. The van der Waals surface area contributed by atoms with Crippen molar-refractivity contribution in [2.75, 3.05) is 11.1 Å². The van der Waals surface area contributed by atoms with Gasteiger partial charge in [-0.3, -0.25) is 0 Å². The topological polar surface area (TPSA) is 110 Å². The van der Waals surface area contributed by atoms with Gasteiger partial charge in [0, 0.05) is 11.8 Å². The lowest BCUT2D eigenvalue weighted by Gasteiger charge is -2.20. The van der Waals surface area contributed by atoms with Crippen LogP contribution in [-0.2, 0) is 0 Å². The fourth-order valence-corrected chi connectivity index (χ4v) is 2.42. The second-order valence-electron chi connectivity index (χ2n) is 5.44. The van der Waals surface area contributed by atoms with Crippen molar-refractivity contribution >= 4 is 23.2 Å². The number of hydrogen-bond acceptors (Lipinski definition) is 5. The van der Waals surface area contributed by atoms with Crippen molar-refractivity contribution in [3.05, 3.63) is 48.0 Å². The van der Waals surface area contributed by atoms with Gasteiger partial charge in [0.1, 0.15) is 0 Å². The normalized spacial score (nSPS) is 12.8. The van der Waals surface area contributed by atoms with E-state index < -0.39 is 18.2 Å². The molecule has 1 unspecified atom stereocenters. The van der Waals surface area contributed by atoms with Crippen LogP contribution in [0.5, 0.6) is 0 Å². The number of anilines is 2. The molecule has 4 N–H and O–H groups in total. The molecule has 0 spiro atoms. The van der Waals surface area contributed by atoms with Crippen LogP contribution in [0, 0.1) is 6.92 Å². The van der Waals surface area contributed by atoms with E-state index in [-0.39, 0.29) is 17.3 Å². The van der Waals surface area contributed by atoms with Gasteiger partial charge in [-0.05, 0) is 19.1 Å². The Labute approximate surface area is 145 Å². The van der Waals surface area contributed by atoms with Gasteiger partial charge in [0.15, 0.2) is 6.04 Å². The molecule has 0 radical (unpaired) electrons. The van der Waals surface area contributed by atoms with Gasteiger partial charge in [-0.2, -0.15) is 18.3 Å². The van der Waals surface area contributed by atoms with E-state index in [1.807, 2.05) is 5.32 Å². The fraction of sp³-hybridized carbons (Fsp3) is 0.200. The lowest BCUT2D eigenvalue weighted by molar-refractivity contribution is -0.155. The minimum Gasteiger partial charge on any atom is -0.368 e. The molecule has 26 heavy (non-hydrogen) atoms. The van der Waals surface area contributed by atoms with Crippen LogP contribution < -0.4 is 16.4 Å². The van der Waals surface area contributed by atoms with Crippen molar-refractivity contribution < 1.29 is 18.0 Å². The van der Waals surface area contributed by atoms with Gasteiger partial charge in [0.05, 0.1) is 29.3 Å². The number of carbonyl (C=O) groups excluding carboxylic acids is 1. The Bertz CT molecular complexity index is 937. The minimum absolute atomic E-state index is 0.0237. The molecule has 1 atom stereocenters. The monoisotopic (exact) mass is 365 g/mol. The highest BCUT2D eigenvalue weighted by atomic mass is 19.4. The van der Waals surface area contributed by atoms with E-state index >= 15 is 0 Å². The lowest BCUT2D eigenvalue weighted by atomic mass is 10.1. The summed E-state index contributed by atoms with van der Waals surface area (Å²) in [6, 6.07) is 1.63. The van der Waals surface area contributed by atoms with E-state index in [0.29, 0.717) is 11.1 Å². The molecule has 0 saturated carbocycles. The van der Waals surface area contributed by atoms with Crippen LogP contribution in [0.15, 0.2) is 36.8 Å². The standard InChI is InChI=1S/C15H14F3N7O/c1-8-10-4-2-3-5-25(10)24-11(8)12(15(16,17)18)23-14(26)22-9-6-20-13(19)21-7-9/h2-7,12H,1H3,(H2,19,20,21)(H2,22,23,26). The third-order valence-electron chi connectivity index (χ3n) is 3.63. The van der Waals surface area contributed by atoms with Crippen molar-refractivity contribution in [3.63, 3.8) is 0 Å². The molecule has 0 aromatic carbocycles. The van der Waals surface area contributed by atoms with E-state index in [9.17, 15) is 18.0 Å². The maximum absolute atomic E-state index is 13.5. The largest absolute Gasteiger partial charge is 0.414 e. The predicted octanol–water partition coefficient (Wildman–Crippen LogP) is 2.44. The van der Waals surface area contributed by atoms with Crippen LogP contribution in [0.25, 0.3) is 5.52 Å². The van der Waals surface area contributed by atoms with E-state index in [1.54, 1.807) is 18.2 Å². The molecular formula is C15H14F3N7O. The molecule has 11 heteroatoms. The first-order chi connectivity index (χ1) is 12.3. The Morgan fingerprint density at radius 3 is 2.58 bits per heavy atom. The molecule has 0 aliphatic carbocycles. The highest BCUT2D eigenvalue weighted by Crippen LogP contribution is 2.34. The molecule has 0 aliphatic heterocycles. The number of nitrogen functional groups attached to an aromatic ring is 1. The number of carbonyl (C=O) groups is 1. The molecule has 3 heterocycles. The van der Waals surface area contributed by atoms with E-state index in [2.05, 4.69) is 20.4 Å². The molecule has 0 aliphatic rings. The number of aryl methyl sites for hydroxylation is 1. The smallest absolute Gasteiger partial charge is 0.368 e. The van der Waals surface area contributed by atoms with Gasteiger partial charge in [-0.1, -0.05) is 6.07 Å². The number of alkyl halides is 3. The Kier molecular flexibility index (Phi) is 4.36. The second kappa shape index (κ2) is 6.50. The van der Waals surface area contributed by atoms with Gasteiger partial charge in [0.25, 0.3) is 0 Å². The van der Waals surface area contributed by atoms with Gasteiger partial charge in [0.2, 0.25) is 5.95 Å². The SMILES string of the molecule is Cc1c(C(NC(=O)Nc2cnc(N)nc2)C(F)(F)F)nn2ccccc12. The molecule has 0 saturated heterocycles. The predicted molar refractivity (Wildman–Crippen MR) is 87.3 cm³/mol. The van der Waals surface area contributed by atoms with E-state index in [4.69, 9.17) is 5.73 Å². The van der Waals surface area contributed by atoms with Gasteiger partial charge in [-0.25, -0.2) is 19.3 Å². The second-order valence-corrected chi connectivity index (χ2v) is 5.44. The van der Waals surface area contributed by atoms with Crippen LogP contribution in [0.4, 0.5) is 29.6 Å². The Morgan fingerprint density at radius 2 is 1.96 bits per heavy atom. The summed E-state index contributed by atoms with van der Waals surface area (Å²) in [7, 11) is 0. The zero-order valence-electron chi connectivity index (χ0n) is 13.4.